The first-order chi connectivity index (χ1) is 14.8. The minimum atomic E-state index is -0.524. The van der Waals surface area contributed by atoms with E-state index in [9.17, 15) is 18.4 Å². The van der Waals surface area contributed by atoms with Crippen LogP contribution in [-0.4, -0.2) is 11.7 Å². The maximum absolute atomic E-state index is 14.0. The lowest BCUT2D eigenvalue weighted by atomic mass is 10.1. The van der Waals surface area contributed by atoms with Gasteiger partial charge in [0.15, 0.2) is 5.78 Å². The number of hydrogen-bond donors (Lipinski definition) is 2. The van der Waals surface area contributed by atoms with Gasteiger partial charge in [-0.05, 0) is 83.9 Å². The number of anilines is 2. The highest BCUT2D eigenvalue weighted by molar-refractivity contribution is 6.30. The molecule has 0 saturated carbocycles. The van der Waals surface area contributed by atoms with Gasteiger partial charge in [-0.15, -0.1) is 0 Å². The first-order valence-corrected chi connectivity index (χ1v) is 9.50. The highest BCUT2D eigenvalue weighted by Crippen LogP contribution is 2.19. The van der Waals surface area contributed by atoms with E-state index in [-0.39, 0.29) is 17.2 Å². The molecule has 3 N–H and O–H groups in total. The van der Waals surface area contributed by atoms with Gasteiger partial charge >= 0.3 is 0 Å². The predicted molar refractivity (Wildman–Crippen MR) is 120 cm³/mol. The summed E-state index contributed by atoms with van der Waals surface area (Å²) < 4.78 is 27.0. The van der Waals surface area contributed by atoms with Crippen LogP contribution < -0.4 is 11.1 Å². The van der Waals surface area contributed by atoms with E-state index in [1.807, 2.05) is 0 Å². The van der Waals surface area contributed by atoms with Gasteiger partial charge in [-0.1, -0.05) is 17.7 Å². The largest absolute Gasteiger partial charge is 0.397 e. The van der Waals surface area contributed by atoms with Crippen molar-refractivity contribution in [3.05, 3.63) is 106 Å². The highest BCUT2D eigenvalue weighted by atomic mass is 35.5. The molecule has 3 aromatic rings. The Kier molecular flexibility index (Phi) is 6.95. The number of nitrogens with one attached hydrogen (secondary N) is 1. The van der Waals surface area contributed by atoms with Crippen molar-refractivity contribution in [2.24, 2.45) is 0 Å². The third-order valence-electron chi connectivity index (χ3n) is 4.20. The van der Waals surface area contributed by atoms with Gasteiger partial charge in [0.2, 0.25) is 5.91 Å². The van der Waals surface area contributed by atoms with Gasteiger partial charge in [-0.2, -0.15) is 0 Å². The van der Waals surface area contributed by atoms with E-state index in [1.54, 1.807) is 30.3 Å². The molecule has 156 valence electrons. The lowest BCUT2D eigenvalue weighted by molar-refractivity contribution is -0.111. The highest BCUT2D eigenvalue weighted by Gasteiger charge is 2.05. The van der Waals surface area contributed by atoms with Crippen molar-refractivity contribution in [1.29, 1.82) is 0 Å². The fourth-order valence-electron chi connectivity index (χ4n) is 2.70. The van der Waals surface area contributed by atoms with Crippen LogP contribution in [0.5, 0.6) is 0 Å². The van der Waals surface area contributed by atoms with Crippen LogP contribution in [0, 0.1) is 11.6 Å². The Morgan fingerprint density at radius 1 is 0.839 bits per heavy atom. The number of nitrogens with two attached hydrogens (primary N) is 1. The number of carbonyl (C=O) groups is 2. The van der Waals surface area contributed by atoms with Crippen LogP contribution in [0.2, 0.25) is 5.02 Å². The number of hydrogen-bond acceptors (Lipinski definition) is 3. The van der Waals surface area contributed by atoms with Crippen LogP contribution in [0.1, 0.15) is 21.5 Å². The first-order valence-electron chi connectivity index (χ1n) is 9.13. The van der Waals surface area contributed by atoms with Crippen molar-refractivity contribution < 1.29 is 18.4 Å². The van der Waals surface area contributed by atoms with Gasteiger partial charge in [-0.25, -0.2) is 8.78 Å². The van der Waals surface area contributed by atoms with Gasteiger partial charge in [0.05, 0.1) is 11.4 Å². The summed E-state index contributed by atoms with van der Waals surface area (Å²) in [6.07, 6.45) is 5.42. The lowest BCUT2D eigenvalue weighted by Crippen LogP contribution is -2.09. The van der Waals surface area contributed by atoms with Crippen LogP contribution in [-0.2, 0) is 4.79 Å². The molecule has 0 saturated heterocycles. The Morgan fingerprint density at radius 2 is 1.48 bits per heavy atom. The average molecular weight is 439 g/mol. The smallest absolute Gasteiger partial charge is 0.248 e. The minimum absolute atomic E-state index is 0.0882. The van der Waals surface area contributed by atoms with Gasteiger partial charge < -0.3 is 11.1 Å². The van der Waals surface area contributed by atoms with E-state index in [1.165, 1.54) is 48.6 Å². The molecule has 0 unspecified atom stereocenters. The van der Waals surface area contributed by atoms with Crippen molar-refractivity contribution >= 4 is 46.8 Å². The normalized spacial score (nSPS) is 11.2. The maximum atomic E-state index is 14.0. The average Bonchev–Trinajstić information content (AvgIpc) is 2.73. The Hall–Kier alpha value is -3.77. The standard InChI is InChI=1S/C24H17ClF2N2O2/c25-18-5-3-17(4-6-18)23(30)9-1-15-11-16(13-20(27)12-15)2-10-24(31)29-22-8-7-19(26)14-21(22)28/h1-14H,28H2,(H,29,31)/b9-1+,10-2+. The molecule has 0 aliphatic rings. The van der Waals surface area contributed by atoms with Crippen LogP contribution in [0.3, 0.4) is 0 Å². The zero-order valence-electron chi connectivity index (χ0n) is 16.1. The second-order valence-corrected chi connectivity index (χ2v) is 7.01. The second-order valence-electron chi connectivity index (χ2n) is 6.58. The number of halogens is 3. The molecule has 7 heteroatoms. The third kappa shape index (κ3) is 6.35. The number of amides is 1. The number of carbonyl (C=O) groups excluding carboxylic acids is 2. The molecule has 0 aromatic heterocycles. The number of benzene rings is 3. The van der Waals surface area contributed by atoms with E-state index in [2.05, 4.69) is 5.32 Å². The predicted octanol–water partition coefficient (Wildman–Crippen LogP) is 5.75. The molecule has 0 heterocycles. The van der Waals surface area contributed by atoms with Crippen LogP contribution in [0.15, 0.2) is 72.8 Å². The summed E-state index contributed by atoms with van der Waals surface area (Å²) in [4.78, 5) is 24.3. The molecule has 0 atom stereocenters. The zero-order chi connectivity index (χ0) is 22.4. The lowest BCUT2D eigenvalue weighted by Gasteiger charge is -2.05. The Balaban J connectivity index is 1.70. The number of nitrogen functional groups attached to an aromatic ring is 1. The summed E-state index contributed by atoms with van der Waals surface area (Å²) in [6.45, 7) is 0. The Labute approximate surface area is 182 Å². The Bertz CT molecular complexity index is 1190. The number of ketones is 1. The fraction of sp³-hybridized carbons (Fsp3) is 0. The summed E-state index contributed by atoms with van der Waals surface area (Å²) in [6, 6.07) is 14.2. The van der Waals surface area contributed by atoms with Gasteiger partial charge in [0, 0.05) is 16.7 Å². The second kappa shape index (κ2) is 9.82. The SMILES string of the molecule is Nc1cc(F)ccc1NC(=O)/C=C/c1cc(F)cc(/C=C/C(=O)c2ccc(Cl)cc2)c1. The molecule has 31 heavy (non-hydrogen) atoms. The van der Waals surface area contributed by atoms with Crippen LogP contribution in [0.4, 0.5) is 20.2 Å². The van der Waals surface area contributed by atoms with Crippen LogP contribution >= 0.6 is 11.6 Å². The van der Waals surface area contributed by atoms with Gasteiger partial charge in [0.25, 0.3) is 0 Å². The van der Waals surface area contributed by atoms with Crippen molar-refractivity contribution in [2.75, 3.05) is 11.1 Å². The molecule has 4 nitrogen and oxygen atoms in total. The number of rotatable bonds is 6. The fourth-order valence-corrected chi connectivity index (χ4v) is 2.83. The summed E-state index contributed by atoms with van der Waals surface area (Å²) >= 11 is 5.81. The molecule has 0 radical (unpaired) electrons. The minimum Gasteiger partial charge on any atom is -0.397 e. The van der Waals surface area contributed by atoms with Crippen molar-refractivity contribution in [1.82, 2.24) is 0 Å². The van der Waals surface area contributed by atoms with E-state index in [0.29, 0.717) is 21.7 Å². The van der Waals surface area contributed by atoms with Crippen molar-refractivity contribution in [3.8, 4) is 0 Å². The van der Waals surface area contributed by atoms with Gasteiger partial charge in [0.1, 0.15) is 11.6 Å². The molecular formula is C24H17ClF2N2O2. The molecule has 0 aliphatic carbocycles. The third-order valence-corrected chi connectivity index (χ3v) is 4.45. The molecule has 1 amide bonds. The molecule has 0 aliphatic heterocycles. The topological polar surface area (TPSA) is 72.2 Å². The zero-order valence-corrected chi connectivity index (χ0v) is 16.9. The molecule has 3 rings (SSSR count). The maximum Gasteiger partial charge on any atom is 0.248 e. The summed E-state index contributed by atoms with van der Waals surface area (Å²) in [7, 11) is 0. The monoisotopic (exact) mass is 438 g/mol. The quantitative estimate of drug-likeness (QED) is 0.292. The Morgan fingerprint density at radius 3 is 2.13 bits per heavy atom. The molecular weight excluding hydrogens is 422 g/mol. The van der Waals surface area contributed by atoms with Crippen molar-refractivity contribution in [2.45, 2.75) is 0 Å². The summed E-state index contributed by atoms with van der Waals surface area (Å²) in [5, 5.41) is 3.04. The van der Waals surface area contributed by atoms with Crippen molar-refractivity contribution in [3.63, 3.8) is 0 Å². The first kappa shape index (κ1) is 21.9. The van der Waals surface area contributed by atoms with E-state index < -0.39 is 17.5 Å². The van der Waals surface area contributed by atoms with E-state index in [4.69, 9.17) is 17.3 Å². The van der Waals surface area contributed by atoms with E-state index >= 15 is 0 Å². The molecule has 0 bridgehead atoms. The molecule has 3 aromatic carbocycles. The number of allylic oxidation sites excluding steroid dienone is 1. The summed E-state index contributed by atoms with van der Waals surface area (Å²) in [5.74, 6) is -1.81. The summed E-state index contributed by atoms with van der Waals surface area (Å²) in [5.41, 5.74) is 7.32. The van der Waals surface area contributed by atoms with Crippen LogP contribution in [0.25, 0.3) is 12.2 Å². The molecule has 0 spiro atoms. The van der Waals surface area contributed by atoms with E-state index in [0.717, 1.165) is 6.07 Å². The molecule has 0 fully saturated rings. The van der Waals surface area contributed by atoms with Gasteiger partial charge in [-0.3, -0.25) is 9.59 Å².